The molecule has 9 heteroatoms. The molecule has 0 aromatic rings. The summed E-state index contributed by atoms with van der Waals surface area (Å²) in [7, 11) is -6.03. The van der Waals surface area contributed by atoms with Crippen LogP contribution in [0.5, 0.6) is 0 Å². The van der Waals surface area contributed by atoms with Crippen molar-refractivity contribution in [3.8, 4) is 0 Å². The summed E-state index contributed by atoms with van der Waals surface area (Å²) >= 11 is 2.07. The van der Waals surface area contributed by atoms with Crippen molar-refractivity contribution in [2.24, 2.45) is 29.6 Å². The molecule has 3 aliphatic rings. The van der Waals surface area contributed by atoms with Gasteiger partial charge in [0.1, 0.15) is 0 Å². The van der Waals surface area contributed by atoms with Crippen molar-refractivity contribution in [3.05, 3.63) is 0 Å². The summed E-state index contributed by atoms with van der Waals surface area (Å²) < 4.78 is 39.7. The van der Waals surface area contributed by atoms with Crippen LogP contribution in [0, 0.1) is 29.6 Å². The maximum absolute atomic E-state index is 6.62. The summed E-state index contributed by atoms with van der Waals surface area (Å²) in [5, 5.41) is 0.731. The minimum atomic E-state index is -3.02. The van der Waals surface area contributed by atoms with Gasteiger partial charge in [-0.25, -0.2) is 0 Å². The summed E-state index contributed by atoms with van der Waals surface area (Å²) in [5.41, 5.74) is 0.345. The molecule has 8 unspecified atom stereocenters. The third-order valence-corrected chi connectivity index (χ3v) is 17.4. The zero-order valence-electron chi connectivity index (χ0n) is 22.8. The lowest BCUT2D eigenvalue weighted by Crippen LogP contribution is -2.62. The van der Waals surface area contributed by atoms with Gasteiger partial charge in [-0.2, -0.15) is 11.8 Å². The Balaban J connectivity index is 2.17. The van der Waals surface area contributed by atoms with Crippen LogP contribution in [0.1, 0.15) is 67.7 Å². The molecule has 6 nitrogen and oxygen atoms in total. The molecule has 3 saturated carbocycles. The smallest absolute Gasteiger partial charge is 0.374 e. The first-order valence-electron chi connectivity index (χ1n) is 13.8. The summed E-state index contributed by atoms with van der Waals surface area (Å²) in [6.07, 6.45) is 6.04. The normalized spacial score (nSPS) is 35.3. The highest BCUT2D eigenvalue weighted by molar-refractivity contribution is 7.99. The van der Waals surface area contributed by atoms with Crippen LogP contribution in [-0.2, 0) is 26.6 Å². The van der Waals surface area contributed by atoms with Crippen molar-refractivity contribution >= 4 is 29.4 Å². The van der Waals surface area contributed by atoms with Crippen molar-refractivity contribution < 1.29 is 26.6 Å². The number of hydrogen-bond donors (Lipinski definition) is 0. The van der Waals surface area contributed by atoms with Crippen molar-refractivity contribution in [1.82, 2.24) is 0 Å². The fraction of sp³-hybridized carbons (Fsp3) is 1.00. The van der Waals surface area contributed by atoms with E-state index in [1.165, 1.54) is 19.3 Å². The molecule has 0 radical (unpaired) electrons. The quantitative estimate of drug-likeness (QED) is 0.230. The van der Waals surface area contributed by atoms with Gasteiger partial charge in [0.15, 0.2) is 0 Å². The summed E-state index contributed by atoms with van der Waals surface area (Å²) in [4.78, 5) is 0. The van der Waals surface area contributed by atoms with Crippen molar-refractivity contribution in [2.75, 3.05) is 45.9 Å². The van der Waals surface area contributed by atoms with Gasteiger partial charge in [-0.1, -0.05) is 13.3 Å². The zero-order valence-corrected chi connectivity index (χ0v) is 25.7. The van der Waals surface area contributed by atoms with E-state index in [1.807, 2.05) is 0 Å². The monoisotopic (exact) mass is 534 g/mol. The fourth-order valence-corrected chi connectivity index (χ4v) is 17.6. The van der Waals surface area contributed by atoms with Gasteiger partial charge in [0.2, 0.25) is 0 Å². The average Bonchev–Trinajstić information content (AvgIpc) is 3.48. The summed E-state index contributed by atoms with van der Waals surface area (Å²) in [6, 6.07) is 0. The van der Waals surface area contributed by atoms with E-state index >= 15 is 0 Å². The zero-order chi connectivity index (χ0) is 24.9. The van der Waals surface area contributed by atoms with E-state index in [0.29, 0.717) is 63.3 Å². The first-order valence-corrected chi connectivity index (χ1v) is 18.7. The maximum Gasteiger partial charge on any atom is 0.504 e. The number of hydrogen-bond acceptors (Lipinski definition) is 7. The molecule has 8 atom stereocenters. The molecule has 0 aromatic heterocycles. The second-order valence-electron chi connectivity index (χ2n) is 9.74. The molecule has 0 N–H and O–H groups in total. The Morgan fingerprint density at radius 1 is 0.588 bits per heavy atom. The average molecular weight is 535 g/mol. The van der Waals surface area contributed by atoms with Crippen LogP contribution in [0.25, 0.3) is 0 Å². The van der Waals surface area contributed by atoms with E-state index in [0.717, 1.165) is 11.2 Å². The molecule has 0 aromatic carbocycles. The van der Waals surface area contributed by atoms with Crippen LogP contribution in [-0.4, -0.2) is 68.8 Å². The second kappa shape index (κ2) is 12.9. The highest BCUT2D eigenvalue weighted by Gasteiger charge is 2.76. The molecule has 2 bridgehead atoms. The van der Waals surface area contributed by atoms with Gasteiger partial charge in [0.05, 0.1) is 0 Å². The lowest BCUT2D eigenvalue weighted by Gasteiger charge is -2.49. The van der Waals surface area contributed by atoms with E-state index in [-0.39, 0.29) is 11.1 Å². The van der Waals surface area contributed by atoms with Crippen LogP contribution in [0.2, 0.25) is 11.1 Å². The molecule has 34 heavy (non-hydrogen) atoms. The summed E-state index contributed by atoms with van der Waals surface area (Å²) in [5.74, 6) is 3.21. The van der Waals surface area contributed by atoms with Gasteiger partial charge in [-0.3, -0.25) is 0 Å². The molecule has 3 aliphatic carbocycles. The SMILES string of the molecule is CCO[Si](OCC)(OCC)C1C2CC(C3C(CC)C(SC)CC23)C1[Si](OCC)(OCC)OCC. The predicted molar refractivity (Wildman–Crippen MR) is 143 cm³/mol. The minimum absolute atomic E-state index is 0.171. The molecule has 200 valence electrons. The largest absolute Gasteiger partial charge is 0.504 e. The Morgan fingerprint density at radius 3 is 1.35 bits per heavy atom. The Kier molecular flexibility index (Phi) is 11.0. The topological polar surface area (TPSA) is 55.4 Å². The number of fused-ring (bicyclic) bond motifs is 5. The molecule has 0 saturated heterocycles. The lowest BCUT2D eigenvalue weighted by molar-refractivity contribution is 0.0167. The molecule has 0 heterocycles. The van der Waals surface area contributed by atoms with Crippen LogP contribution in [0.15, 0.2) is 0 Å². The van der Waals surface area contributed by atoms with E-state index in [4.69, 9.17) is 26.6 Å². The van der Waals surface area contributed by atoms with Gasteiger partial charge in [0.25, 0.3) is 0 Å². The van der Waals surface area contributed by atoms with Crippen LogP contribution in [0.4, 0.5) is 0 Å². The van der Waals surface area contributed by atoms with Gasteiger partial charge in [-0.05, 0) is 90.2 Å². The minimum Gasteiger partial charge on any atom is -0.374 e. The third-order valence-electron chi connectivity index (χ3n) is 8.53. The van der Waals surface area contributed by atoms with Gasteiger partial charge in [-0.15, -0.1) is 0 Å². The molecule has 3 rings (SSSR count). The van der Waals surface area contributed by atoms with Gasteiger partial charge < -0.3 is 26.6 Å². The van der Waals surface area contributed by atoms with Crippen LogP contribution >= 0.6 is 11.8 Å². The molecule has 0 spiro atoms. The van der Waals surface area contributed by atoms with Crippen LogP contribution < -0.4 is 0 Å². The lowest BCUT2D eigenvalue weighted by atomic mass is 9.76. The van der Waals surface area contributed by atoms with E-state index < -0.39 is 17.6 Å². The molecule has 3 fully saturated rings. The van der Waals surface area contributed by atoms with Gasteiger partial charge >= 0.3 is 17.6 Å². The molecular weight excluding hydrogens is 485 g/mol. The van der Waals surface area contributed by atoms with Crippen molar-refractivity contribution in [2.45, 2.75) is 84.1 Å². The Labute approximate surface area is 215 Å². The number of thioether (sulfide) groups is 1. The Hall–Kier alpha value is 0.544. The maximum atomic E-state index is 6.62. The van der Waals surface area contributed by atoms with E-state index in [1.54, 1.807) is 0 Å². The van der Waals surface area contributed by atoms with E-state index in [2.05, 4.69) is 66.5 Å². The standard InChI is InChI=1S/C25H50O6SSi2/c1-9-18-22(32-8)17-19-20-16-21(23(18)19)25(34(29-13-5,30-14-6)31-15-7)24(20)33(26-10-2,27-11-3)28-12-4/h18-25H,9-17H2,1-8H3. The second-order valence-corrected chi connectivity index (χ2v) is 16.3. The Morgan fingerprint density at radius 2 is 1.00 bits per heavy atom. The predicted octanol–water partition coefficient (Wildman–Crippen LogP) is 5.87. The first kappa shape index (κ1) is 29.1. The first-order chi connectivity index (χ1) is 16.5. The third kappa shape index (κ3) is 4.99. The number of rotatable bonds is 16. The van der Waals surface area contributed by atoms with Gasteiger partial charge in [0, 0.05) is 56.0 Å². The summed E-state index contributed by atoms with van der Waals surface area (Å²) in [6.45, 7) is 18.3. The molecular formula is C25H50O6SSi2. The van der Waals surface area contributed by atoms with Crippen molar-refractivity contribution in [1.29, 1.82) is 0 Å². The van der Waals surface area contributed by atoms with E-state index in [9.17, 15) is 0 Å². The Bertz CT molecular complexity index is 594. The molecule has 0 amide bonds. The van der Waals surface area contributed by atoms with Crippen molar-refractivity contribution in [3.63, 3.8) is 0 Å². The fourth-order valence-electron chi connectivity index (χ4n) is 8.04. The molecule has 0 aliphatic heterocycles. The van der Waals surface area contributed by atoms with Crippen LogP contribution in [0.3, 0.4) is 0 Å². The highest BCUT2D eigenvalue weighted by atomic mass is 32.2. The highest BCUT2D eigenvalue weighted by Crippen LogP contribution is 2.74.